The van der Waals surface area contributed by atoms with Crippen LogP contribution in [0.5, 0.6) is 5.75 Å². The molecule has 3 nitrogen and oxygen atoms in total. The summed E-state index contributed by atoms with van der Waals surface area (Å²) in [7, 11) is 0. The molecule has 7 aromatic carbocycles. The molecule has 8 rings (SSSR count). The maximum atomic E-state index is 6.43. The second-order valence-electron chi connectivity index (χ2n) is 12.9. The number of benzene rings is 7. The number of ether oxygens (including phenoxy) is 1. The van der Waals surface area contributed by atoms with Gasteiger partial charge in [-0.15, -0.1) is 0 Å². The molecule has 0 saturated carbocycles. The molecule has 1 aliphatic carbocycles. The van der Waals surface area contributed by atoms with Crippen molar-refractivity contribution in [1.29, 1.82) is 0 Å². The first-order valence-corrected chi connectivity index (χ1v) is 16.4. The Morgan fingerprint density at radius 2 is 1.27 bits per heavy atom. The van der Waals surface area contributed by atoms with Gasteiger partial charge in [-0.1, -0.05) is 135 Å². The molecule has 0 radical (unpaired) electrons. The maximum absolute atomic E-state index is 6.43. The number of para-hydroxylation sites is 1. The van der Waals surface area contributed by atoms with Gasteiger partial charge in [0, 0.05) is 27.7 Å². The molecule has 3 heteroatoms. The third-order valence-electron chi connectivity index (χ3n) is 9.66. The fourth-order valence-electron chi connectivity index (χ4n) is 7.21. The summed E-state index contributed by atoms with van der Waals surface area (Å²) in [6.07, 6.45) is 0. The molecular weight excluding hydrogens is 585 g/mol. The van der Waals surface area contributed by atoms with E-state index in [1.165, 1.54) is 33.4 Å². The Labute approximate surface area is 282 Å². The van der Waals surface area contributed by atoms with Gasteiger partial charge in [-0.25, -0.2) is 0 Å². The van der Waals surface area contributed by atoms with Crippen molar-refractivity contribution in [3.8, 4) is 28.0 Å². The highest BCUT2D eigenvalue weighted by Gasteiger charge is 2.35. The lowest BCUT2D eigenvalue weighted by Gasteiger charge is -2.29. The number of nitrogens with zero attached hydrogens (tertiary/aromatic N) is 2. The number of fused-ring (bicyclic) bond motifs is 4. The van der Waals surface area contributed by atoms with Crippen molar-refractivity contribution in [2.45, 2.75) is 25.9 Å². The highest BCUT2D eigenvalue weighted by Crippen LogP contribution is 2.51. The number of aliphatic imine (C=N–C) groups is 1. The quantitative estimate of drug-likeness (QED) is 0.158. The van der Waals surface area contributed by atoms with Crippen molar-refractivity contribution in [1.82, 2.24) is 0 Å². The van der Waals surface area contributed by atoms with Crippen LogP contribution in [-0.2, 0) is 12.0 Å². The van der Waals surface area contributed by atoms with Crippen LogP contribution in [0.1, 0.15) is 30.5 Å². The number of anilines is 3. The van der Waals surface area contributed by atoms with Gasteiger partial charge in [0.15, 0.2) is 5.75 Å². The lowest BCUT2D eigenvalue weighted by molar-refractivity contribution is 0.311. The zero-order valence-electron chi connectivity index (χ0n) is 27.2. The second kappa shape index (κ2) is 12.0. The summed E-state index contributed by atoms with van der Waals surface area (Å²) in [5.41, 5.74) is 12.8. The number of hydrogen-bond acceptors (Lipinski definition) is 3. The van der Waals surface area contributed by atoms with E-state index in [-0.39, 0.29) is 5.41 Å². The van der Waals surface area contributed by atoms with E-state index in [0.717, 1.165) is 44.8 Å². The minimum Gasteiger partial charge on any atom is -0.486 e. The topological polar surface area (TPSA) is 24.8 Å². The first-order chi connectivity index (χ1) is 23.5. The summed E-state index contributed by atoms with van der Waals surface area (Å²) in [5.74, 6) is 0.756. The van der Waals surface area contributed by atoms with Crippen LogP contribution in [0, 0.1) is 0 Å². The van der Waals surface area contributed by atoms with Crippen molar-refractivity contribution in [2.75, 3.05) is 4.90 Å². The molecule has 48 heavy (non-hydrogen) atoms. The number of rotatable bonds is 8. The normalized spacial score (nSPS) is 12.7. The fourth-order valence-corrected chi connectivity index (χ4v) is 7.21. The van der Waals surface area contributed by atoms with Gasteiger partial charge in [0.05, 0.1) is 5.69 Å². The van der Waals surface area contributed by atoms with E-state index in [1.54, 1.807) is 0 Å². The van der Waals surface area contributed by atoms with E-state index in [2.05, 4.69) is 170 Å². The summed E-state index contributed by atoms with van der Waals surface area (Å²) < 4.78 is 6.43. The van der Waals surface area contributed by atoms with Crippen molar-refractivity contribution >= 4 is 40.2 Å². The molecule has 1 aliphatic rings. The molecule has 0 aromatic heterocycles. The Balaban J connectivity index is 1.21. The van der Waals surface area contributed by atoms with Gasteiger partial charge >= 0.3 is 0 Å². The van der Waals surface area contributed by atoms with E-state index in [1.807, 2.05) is 18.2 Å². The van der Waals surface area contributed by atoms with E-state index in [0.29, 0.717) is 6.61 Å². The van der Waals surface area contributed by atoms with Crippen LogP contribution in [0.3, 0.4) is 0 Å². The minimum atomic E-state index is -0.0516. The Morgan fingerprint density at radius 1 is 0.604 bits per heavy atom. The average molecular weight is 621 g/mol. The number of hydrogen-bond donors (Lipinski definition) is 0. The van der Waals surface area contributed by atoms with Gasteiger partial charge in [0.25, 0.3) is 0 Å². The predicted molar refractivity (Wildman–Crippen MR) is 202 cm³/mol. The summed E-state index contributed by atoms with van der Waals surface area (Å²) in [6.45, 7) is 8.85. The summed E-state index contributed by atoms with van der Waals surface area (Å²) >= 11 is 0. The van der Waals surface area contributed by atoms with Crippen molar-refractivity contribution in [3.05, 3.63) is 174 Å². The monoisotopic (exact) mass is 620 g/mol. The smallest absolute Gasteiger partial charge is 0.153 e. The van der Waals surface area contributed by atoms with E-state index in [9.17, 15) is 0 Å². The Morgan fingerprint density at radius 3 is 2.08 bits per heavy atom. The minimum absolute atomic E-state index is 0.0516. The zero-order valence-corrected chi connectivity index (χ0v) is 27.2. The van der Waals surface area contributed by atoms with Crippen LogP contribution in [0.25, 0.3) is 33.0 Å². The van der Waals surface area contributed by atoms with Gasteiger partial charge in [-0.3, -0.25) is 4.99 Å². The molecule has 0 N–H and O–H groups in total. The Kier molecular flexibility index (Phi) is 7.38. The molecule has 0 heterocycles. The molecule has 0 atom stereocenters. The van der Waals surface area contributed by atoms with Crippen molar-refractivity contribution in [2.24, 2.45) is 4.99 Å². The summed E-state index contributed by atoms with van der Waals surface area (Å²) in [5, 5.41) is 2.15. The SMILES string of the molecule is C=Nc1ccc2ccccc2c1OCc1ccc(N(c2ccc3c(c2)-c2ccccc2C3(C)C)c2ccccc2-c2ccccc2)cc1. The third-order valence-corrected chi connectivity index (χ3v) is 9.66. The lowest BCUT2D eigenvalue weighted by Crippen LogP contribution is -2.15. The molecule has 0 amide bonds. The molecule has 0 unspecified atom stereocenters. The average Bonchev–Trinajstić information content (AvgIpc) is 3.37. The van der Waals surface area contributed by atoms with Crippen LogP contribution in [0.15, 0.2) is 163 Å². The molecule has 232 valence electrons. The molecule has 0 spiro atoms. The highest BCUT2D eigenvalue weighted by molar-refractivity contribution is 5.93. The first-order valence-electron chi connectivity index (χ1n) is 16.4. The van der Waals surface area contributed by atoms with Gasteiger partial charge in [0.1, 0.15) is 12.3 Å². The fraction of sp³-hybridized carbons (Fsp3) is 0.0889. The van der Waals surface area contributed by atoms with E-state index < -0.39 is 0 Å². The van der Waals surface area contributed by atoms with Gasteiger partial charge in [-0.2, -0.15) is 0 Å². The van der Waals surface area contributed by atoms with Crippen molar-refractivity contribution in [3.63, 3.8) is 0 Å². The molecule has 0 aliphatic heterocycles. The van der Waals surface area contributed by atoms with Crippen LogP contribution < -0.4 is 9.64 Å². The van der Waals surface area contributed by atoms with Crippen LogP contribution in [0.2, 0.25) is 0 Å². The van der Waals surface area contributed by atoms with Crippen LogP contribution >= 0.6 is 0 Å². The Bertz CT molecular complexity index is 2290. The standard InChI is InChI=1S/C45H36N2O/c1-45(2)40-19-11-9-18-38(40)39-29-35(26-27-41(39)45)47(43-20-12-10-16-36(43)32-13-5-4-6-14-32)34-24-21-31(22-25-34)30-48-44-37-17-8-7-15-33(37)23-28-42(44)46-3/h4-29H,3,30H2,1-2H3. The van der Waals surface area contributed by atoms with Crippen LogP contribution in [-0.4, -0.2) is 6.72 Å². The largest absolute Gasteiger partial charge is 0.486 e. The summed E-state index contributed by atoms with van der Waals surface area (Å²) in [6, 6.07) is 56.0. The van der Waals surface area contributed by atoms with Gasteiger partial charge in [-0.05, 0) is 81.9 Å². The maximum Gasteiger partial charge on any atom is 0.153 e. The van der Waals surface area contributed by atoms with Crippen molar-refractivity contribution < 1.29 is 4.74 Å². The zero-order chi connectivity index (χ0) is 32.7. The van der Waals surface area contributed by atoms with E-state index in [4.69, 9.17) is 4.74 Å². The second-order valence-corrected chi connectivity index (χ2v) is 12.9. The van der Waals surface area contributed by atoms with E-state index >= 15 is 0 Å². The lowest BCUT2D eigenvalue weighted by atomic mass is 9.82. The molecule has 0 bridgehead atoms. The molecular formula is C45H36N2O. The molecule has 7 aromatic rings. The molecule has 0 saturated heterocycles. The molecule has 0 fully saturated rings. The Hall–Kier alpha value is -5.93. The summed E-state index contributed by atoms with van der Waals surface area (Å²) in [4.78, 5) is 6.62. The predicted octanol–water partition coefficient (Wildman–Crippen LogP) is 12.2. The van der Waals surface area contributed by atoms with Gasteiger partial charge < -0.3 is 9.64 Å². The van der Waals surface area contributed by atoms with Crippen LogP contribution in [0.4, 0.5) is 22.7 Å². The highest BCUT2D eigenvalue weighted by atomic mass is 16.5. The first kappa shape index (κ1) is 29.5. The third kappa shape index (κ3) is 5.05. The van der Waals surface area contributed by atoms with Gasteiger partial charge in [0.2, 0.25) is 0 Å².